The first-order valence-corrected chi connectivity index (χ1v) is 9.04. The van der Waals surface area contributed by atoms with E-state index >= 15 is 0 Å². The van der Waals surface area contributed by atoms with Crippen LogP contribution in [0.1, 0.15) is 18.9 Å². The van der Waals surface area contributed by atoms with E-state index in [1.807, 2.05) is 0 Å². The van der Waals surface area contributed by atoms with Crippen LogP contribution in [-0.2, 0) is 21.2 Å². The number of nitrogens with zero attached hydrogens (tertiary/aromatic N) is 1. The average molecular weight is 348 g/mol. The normalized spacial score (nSPS) is 14.2. The van der Waals surface area contributed by atoms with Gasteiger partial charge in [-0.3, -0.25) is 9.52 Å². The Morgan fingerprint density at radius 3 is 2.71 bits per heavy atom. The maximum Gasteiger partial charge on any atom is 0.261 e. The Bertz CT molecular complexity index is 896. The van der Waals surface area contributed by atoms with Gasteiger partial charge in [0.15, 0.2) is 0 Å². The summed E-state index contributed by atoms with van der Waals surface area (Å²) in [6.07, 6.45) is 1.60. The van der Waals surface area contributed by atoms with Crippen molar-refractivity contribution in [2.75, 3.05) is 16.2 Å². The first kappa shape index (κ1) is 16.4. The van der Waals surface area contributed by atoms with E-state index in [9.17, 15) is 17.6 Å². The third-order valence-corrected chi connectivity index (χ3v) is 5.32. The topological polar surface area (TPSA) is 66.5 Å². The molecule has 0 bridgehead atoms. The molecule has 0 aliphatic carbocycles. The number of amides is 1. The van der Waals surface area contributed by atoms with E-state index in [2.05, 4.69) is 4.72 Å². The molecule has 0 spiro atoms. The molecular formula is C17H17FN2O3S. The number of fused-ring (bicyclic) bond motifs is 1. The van der Waals surface area contributed by atoms with Crippen LogP contribution >= 0.6 is 0 Å². The molecule has 0 saturated heterocycles. The summed E-state index contributed by atoms with van der Waals surface area (Å²) in [7, 11) is -3.86. The number of hydrogen-bond donors (Lipinski definition) is 1. The van der Waals surface area contributed by atoms with Gasteiger partial charge in [0.2, 0.25) is 5.91 Å². The summed E-state index contributed by atoms with van der Waals surface area (Å²) in [5.41, 5.74) is 2.11. The number of carbonyl (C=O) groups is 1. The van der Waals surface area contributed by atoms with Crippen LogP contribution in [0, 0.1) is 5.82 Å². The number of aryl methyl sites for hydroxylation is 1. The standard InChI is InChI=1S/C17H17FN2O3S/c1-12(21)20-9-3-4-13-10-15(7-8-17(13)20)19-24(22,23)16-6-2-5-14(18)11-16/h2,5-8,10-11,19H,3-4,9H2,1H3. The molecule has 0 radical (unpaired) electrons. The third-order valence-electron chi connectivity index (χ3n) is 3.94. The second-order valence-corrected chi connectivity index (χ2v) is 7.36. The smallest absolute Gasteiger partial charge is 0.261 e. The van der Waals surface area contributed by atoms with Gasteiger partial charge >= 0.3 is 0 Å². The highest BCUT2D eigenvalue weighted by Crippen LogP contribution is 2.30. The number of sulfonamides is 1. The lowest BCUT2D eigenvalue weighted by atomic mass is 10.0. The summed E-state index contributed by atoms with van der Waals surface area (Å²) >= 11 is 0. The lowest BCUT2D eigenvalue weighted by Gasteiger charge is -2.29. The molecule has 1 N–H and O–H groups in total. The molecule has 0 aromatic heterocycles. The van der Waals surface area contributed by atoms with Gasteiger partial charge in [-0.05, 0) is 54.8 Å². The molecule has 1 aliphatic rings. The van der Waals surface area contributed by atoms with Crippen molar-refractivity contribution in [3.63, 3.8) is 0 Å². The molecule has 1 aliphatic heterocycles. The molecule has 2 aromatic carbocycles. The van der Waals surface area contributed by atoms with E-state index in [4.69, 9.17) is 0 Å². The van der Waals surface area contributed by atoms with Gasteiger partial charge in [-0.1, -0.05) is 6.07 Å². The molecule has 0 atom stereocenters. The van der Waals surface area contributed by atoms with E-state index in [0.29, 0.717) is 12.2 Å². The van der Waals surface area contributed by atoms with Gasteiger partial charge in [0.25, 0.3) is 10.0 Å². The molecule has 0 unspecified atom stereocenters. The molecule has 5 nitrogen and oxygen atoms in total. The second kappa shape index (κ2) is 6.24. The van der Waals surface area contributed by atoms with Gasteiger partial charge in [0.05, 0.1) is 4.90 Å². The minimum absolute atomic E-state index is 0.0379. The number of carbonyl (C=O) groups excluding carboxylic acids is 1. The van der Waals surface area contributed by atoms with Crippen molar-refractivity contribution in [1.82, 2.24) is 0 Å². The minimum atomic E-state index is -3.86. The molecule has 7 heteroatoms. The number of anilines is 2. The summed E-state index contributed by atoms with van der Waals surface area (Å²) in [6.45, 7) is 2.17. The van der Waals surface area contributed by atoms with Gasteiger partial charge < -0.3 is 4.90 Å². The molecule has 126 valence electrons. The third kappa shape index (κ3) is 3.26. The van der Waals surface area contributed by atoms with E-state index in [1.165, 1.54) is 25.1 Å². The Labute approximate surface area is 140 Å². The Morgan fingerprint density at radius 1 is 1.21 bits per heavy atom. The molecule has 1 heterocycles. The van der Waals surface area contributed by atoms with E-state index in [0.717, 1.165) is 30.2 Å². The van der Waals surface area contributed by atoms with Gasteiger partial charge in [0.1, 0.15) is 5.82 Å². The maximum absolute atomic E-state index is 13.3. The van der Waals surface area contributed by atoms with Crippen LogP contribution in [0.4, 0.5) is 15.8 Å². The van der Waals surface area contributed by atoms with Crippen molar-refractivity contribution in [3.05, 3.63) is 53.8 Å². The fourth-order valence-electron chi connectivity index (χ4n) is 2.84. The van der Waals surface area contributed by atoms with Crippen molar-refractivity contribution < 1.29 is 17.6 Å². The Kier molecular flexibility index (Phi) is 4.28. The van der Waals surface area contributed by atoms with E-state index in [-0.39, 0.29) is 10.8 Å². The molecule has 24 heavy (non-hydrogen) atoms. The highest BCUT2D eigenvalue weighted by Gasteiger charge is 2.21. The highest BCUT2D eigenvalue weighted by atomic mass is 32.2. The Balaban J connectivity index is 1.90. The summed E-state index contributed by atoms with van der Waals surface area (Å²) in [6, 6.07) is 9.91. The number of benzene rings is 2. The molecule has 1 amide bonds. The van der Waals surface area contributed by atoms with Crippen LogP contribution in [0.5, 0.6) is 0 Å². The van der Waals surface area contributed by atoms with Crippen LogP contribution in [0.2, 0.25) is 0 Å². The first-order chi connectivity index (χ1) is 11.4. The van der Waals surface area contributed by atoms with Crippen molar-refractivity contribution in [2.24, 2.45) is 0 Å². The molecule has 2 aromatic rings. The lowest BCUT2D eigenvalue weighted by molar-refractivity contribution is -0.116. The second-order valence-electron chi connectivity index (χ2n) is 5.68. The van der Waals surface area contributed by atoms with Crippen molar-refractivity contribution >= 4 is 27.3 Å². The van der Waals surface area contributed by atoms with Crippen LogP contribution in [0.25, 0.3) is 0 Å². The Morgan fingerprint density at radius 2 is 2.00 bits per heavy atom. The van der Waals surface area contributed by atoms with Gasteiger partial charge in [-0.25, -0.2) is 12.8 Å². The maximum atomic E-state index is 13.3. The molecular weight excluding hydrogens is 331 g/mol. The number of nitrogens with one attached hydrogen (secondary N) is 1. The number of hydrogen-bond acceptors (Lipinski definition) is 3. The van der Waals surface area contributed by atoms with Crippen LogP contribution in [0.15, 0.2) is 47.4 Å². The van der Waals surface area contributed by atoms with Gasteiger partial charge in [-0.2, -0.15) is 0 Å². The zero-order valence-electron chi connectivity index (χ0n) is 13.1. The van der Waals surface area contributed by atoms with Crippen molar-refractivity contribution in [2.45, 2.75) is 24.7 Å². The van der Waals surface area contributed by atoms with E-state index < -0.39 is 15.8 Å². The lowest BCUT2D eigenvalue weighted by Crippen LogP contribution is -2.33. The SMILES string of the molecule is CC(=O)N1CCCc2cc(NS(=O)(=O)c3cccc(F)c3)ccc21. The van der Waals surface area contributed by atoms with Crippen molar-refractivity contribution in [1.29, 1.82) is 0 Å². The van der Waals surface area contributed by atoms with Crippen LogP contribution < -0.4 is 9.62 Å². The summed E-state index contributed by atoms with van der Waals surface area (Å²) in [5.74, 6) is -0.649. The summed E-state index contributed by atoms with van der Waals surface area (Å²) in [4.78, 5) is 13.2. The predicted molar refractivity (Wildman–Crippen MR) is 90.0 cm³/mol. The fourth-order valence-corrected chi connectivity index (χ4v) is 3.92. The average Bonchev–Trinajstić information content (AvgIpc) is 2.53. The minimum Gasteiger partial charge on any atom is -0.312 e. The predicted octanol–water partition coefficient (Wildman–Crippen LogP) is 2.93. The van der Waals surface area contributed by atoms with Gasteiger partial charge in [-0.15, -0.1) is 0 Å². The summed E-state index contributed by atoms with van der Waals surface area (Å²) < 4.78 is 40.4. The highest BCUT2D eigenvalue weighted by molar-refractivity contribution is 7.92. The van der Waals surface area contributed by atoms with E-state index in [1.54, 1.807) is 23.1 Å². The monoisotopic (exact) mass is 348 g/mol. The fraction of sp³-hybridized carbons (Fsp3) is 0.235. The van der Waals surface area contributed by atoms with Crippen LogP contribution in [0.3, 0.4) is 0 Å². The zero-order valence-corrected chi connectivity index (χ0v) is 13.9. The van der Waals surface area contributed by atoms with Crippen molar-refractivity contribution in [3.8, 4) is 0 Å². The largest absolute Gasteiger partial charge is 0.312 e. The zero-order chi connectivity index (χ0) is 17.3. The van der Waals surface area contributed by atoms with Gasteiger partial charge in [0, 0.05) is 24.8 Å². The Hall–Kier alpha value is -2.41. The molecule has 0 fully saturated rings. The number of rotatable bonds is 3. The quantitative estimate of drug-likeness (QED) is 0.927. The van der Waals surface area contributed by atoms with Crippen LogP contribution in [-0.4, -0.2) is 20.9 Å². The summed E-state index contributed by atoms with van der Waals surface area (Å²) in [5, 5.41) is 0. The molecule has 3 rings (SSSR count). The number of halogens is 1. The molecule has 0 saturated carbocycles. The first-order valence-electron chi connectivity index (χ1n) is 7.56.